The van der Waals surface area contributed by atoms with Crippen molar-refractivity contribution in [1.82, 2.24) is 20.6 Å². The van der Waals surface area contributed by atoms with Crippen LogP contribution in [0.2, 0.25) is 0 Å². The molecule has 1 aliphatic heterocycles. The van der Waals surface area contributed by atoms with Crippen molar-refractivity contribution < 1.29 is 9.47 Å². The summed E-state index contributed by atoms with van der Waals surface area (Å²) in [5, 5.41) is 13.9. The number of methoxy groups -OCH3 is 1. The van der Waals surface area contributed by atoms with Crippen LogP contribution in [-0.4, -0.2) is 53.7 Å². The summed E-state index contributed by atoms with van der Waals surface area (Å²) in [6, 6.07) is 0. The van der Waals surface area contributed by atoms with Crippen LogP contribution in [0.5, 0.6) is 0 Å². The van der Waals surface area contributed by atoms with Crippen molar-refractivity contribution in [3.05, 3.63) is 0 Å². The van der Waals surface area contributed by atoms with Crippen molar-refractivity contribution in [3.8, 4) is 0 Å². The largest absolute Gasteiger partial charge is 0.359 e. The SMILES string of the molecule is COCOC1CCN(c2nn[nH]n2)CC1. The van der Waals surface area contributed by atoms with E-state index in [0.717, 1.165) is 25.9 Å². The van der Waals surface area contributed by atoms with Crippen LogP contribution in [0.1, 0.15) is 12.8 Å². The number of piperidine rings is 1. The first-order valence-electron chi connectivity index (χ1n) is 4.99. The Kier molecular flexibility index (Phi) is 3.46. The molecule has 0 bridgehead atoms. The Balaban J connectivity index is 1.77. The predicted molar refractivity (Wildman–Crippen MR) is 52.4 cm³/mol. The van der Waals surface area contributed by atoms with Gasteiger partial charge in [0.15, 0.2) is 0 Å². The van der Waals surface area contributed by atoms with Crippen LogP contribution < -0.4 is 4.90 Å². The molecule has 0 atom stereocenters. The Morgan fingerprint density at radius 1 is 1.47 bits per heavy atom. The molecule has 2 heterocycles. The van der Waals surface area contributed by atoms with Crippen LogP contribution in [0.15, 0.2) is 0 Å². The zero-order valence-corrected chi connectivity index (χ0v) is 8.72. The second kappa shape index (κ2) is 5.04. The number of hydrogen-bond donors (Lipinski definition) is 1. The van der Waals surface area contributed by atoms with Crippen molar-refractivity contribution in [2.24, 2.45) is 0 Å². The molecule has 0 aromatic carbocycles. The average molecular weight is 213 g/mol. The number of aromatic nitrogens is 4. The minimum Gasteiger partial charge on any atom is -0.359 e. The third kappa shape index (κ3) is 2.63. The first-order valence-corrected chi connectivity index (χ1v) is 4.99. The molecule has 2 rings (SSSR count). The molecule has 84 valence electrons. The van der Waals surface area contributed by atoms with Gasteiger partial charge in [0, 0.05) is 20.2 Å². The van der Waals surface area contributed by atoms with Crippen molar-refractivity contribution in [3.63, 3.8) is 0 Å². The van der Waals surface area contributed by atoms with E-state index in [0.29, 0.717) is 12.7 Å². The Morgan fingerprint density at radius 3 is 2.87 bits per heavy atom. The lowest BCUT2D eigenvalue weighted by Gasteiger charge is -2.30. The minimum atomic E-state index is 0.285. The highest BCUT2D eigenvalue weighted by Crippen LogP contribution is 2.16. The first-order chi connectivity index (χ1) is 7.40. The van der Waals surface area contributed by atoms with Crippen molar-refractivity contribution in [2.75, 3.05) is 31.9 Å². The third-order valence-corrected chi connectivity index (χ3v) is 2.48. The summed E-state index contributed by atoms with van der Waals surface area (Å²) in [6.45, 7) is 2.16. The molecule has 0 amide bonds. The summed E-state index contributed by atoms with van der Waals surface area (Å²) in [6.07, 6.45) is 2.23. The molecule has 7 heteroatoms. The number of ether oxygens (including phenoxy) is 2. The molecule has 1 aromatic rings. The van der Waals surface area contributed by atoms with Crippen LogP contribution in [0.4, 0.5) is 5.95 Å². The molecular weight excluding hydrogens is 198 g/mol. The molecular formula is C8H15N5O2. The molecule has 0 aliphatic carbocycles. The number of anilines is 1. The maximum Gasteiger partial charge on any atom is 0.265 e. The van der Waals surface area contributed by atoms with Gasteiger partial charge in [-0.2, -0.15) is 5.21 Å². The molecule has 15 heavy (non-hydrogen) atoms. The zero-order valence-electron chi connectivity index (χ0n) is 8.72. The van der Waals surface area contributed by atoms with Gasteiger partial charge in [0.1, 0.15) is 6.79 Å². The molecule has 0 saturated carbocycles. The lowest BCUT2D eigenvalue weighted by atomic mass is 10.1. The molecule has 7 nitrogen and oxygen atoms in total. The number of aromatic amines is 1. The quantitative estimate of drug-likeness (QED) is 0.697. The summed E-state index contributed by atoms with van der Waals surface area (Å²) in [4.78, 5) is 2.09. The summed E-state index contributed by atoms with van der Waals surface area (Å²) in [7, 11) is 1.63. The second-order valence-electron chi connectivity index (χ2n) is 3.47. The van der Waals surface area contributed by atoms with Gasteiger partial charge in [0.2, 0.25) is 0 Å². The second-order valence-corrected chi connectivity index (χ2v) is 3.47. The summed E-state index contributed by atoms with van der Waals surface area (Å²) in [5.41, 5.74) is 0. The fourth-order valence-corrected chi connectivity index (χ4v) is 1.68. The number of rotatable bonds is 4. The topological polar surface area (TPSA) is 76.2 Å². The van der Waals surface area contributed by atoms with Crippen LogP contribution in [0.3, 0.4) is 0 Å². The predicted octanol–water partition coefficient (Wildman–Crippen LogP) is -0.211. The average Bonchev–Trinajstić information content (AvgIpc) is 2.80. The van der Waals surface area contributed by atoms with Gasteiger partial charge in [-0.3, -0.25) is 0 Å². The summed E-state index contributed by atoms with van der Waals surface area (Å²) >= 11 is 0. The molecule has 1 aliphatic rings. The third-order valence-electron chi connectivity index (χ3n) is 2.48. The lowest BCUT2D eigenvalue weighted by Crippen LogP contribution is -2.37. The van der Waals surface area contributed by atoms with Crippen LogP contribution in [-0.2, 0) is 9.47 Å². The fraction of sp³-hybridized carbons (Fsp3) is 0.875. The van der Waals surface area contributed by atoms with Gasteiger partial charge in [0.05, 0.1) is 6.10 Å². The van der Waals surface area contributed by atoms with E-state index >= 15 is 0 Å². The zero-order chi connectivity index (χ0) is 10.5. The minimum absolute atomic E-state index is 0.285. The van der Waals surface area contributed by atoms with Crippen molar-refractivity contribution >= 4 is 5.95 Å². The smallest absolute Gasteiger partial charge is 0.265 e. The van der Waals surface area contributed by atoms with Gasteiger partial charge in [-0.25, -0.2) is 0 Å². The Labute approximate surface area is 87.7 Å². The molecule has 1 fully saturated rings. The van der Waals surface area contributed by atoms with E-state index in [1.54, 1.807) is 7.11 Å². The highest BCUT2D eigenvalue weighted by Gasteiger charge is 2.21. The maximum atomic E-state index is 5.48. The van der Waals surface area contributed by atoms with Gasteiger partial charge in [-0.05, 0) is 18.1 Å². The van der Waals surface area contributed by atoms with E-state index in [-0.39, 0.29) is 6.10 Å². The van der Waals surface area contributed by atoms with E-state index in [1.165, 1.54) is 0 Å². The van der Waals surface area contributed by atoms with Gasteiger partial charge >= 0.3 is 0 Å². The molecule has 0 radical (unpaired) electrons. The van der Waals surface area contributed by atoms with Gasteiger partial charge in [-0.1, -0.05) is 5.10 Å². The molecule has 0 unspecified atom stereocenters. The van der Waals surface area contributed by atoms with Gasteiger partial charge in [-0.15, -0.1) is 5.10 Å². The molecule has 1 saturated heterocycles. The summed E-state index contributed by atoms with van der Waals surface area (Å²) in [5.74, 6) is 0.667. The Morgan fingerprint density at radius 2 is 2.27 bits per heavy atom. The Hall–Kier alpha value is -1.21. The van der Waals surface area contributed by atoms with E-state index in [9.17, 15) is 0 Å². The van der Waals surface area contributed by atoms with E-state index in [4.69, 9.17) is 9.47 Å². The lowest BCUT2D eigenvalue weighted by molar-refractivity contribution is -0.0781. The monoisotopic (exact) mass is 213 g/mol. The van der Waals surface area contributed by atoms with Crippen molar-refractivity contribution in [1.29, 1.82) is 0 Å². The van der Waals surface area contributed by atoms with Gasteiger partial charge < -0.3 is 14.4 Å². The normalized spacial score (nSPS) is 18.3. The molecule has 1 aromatic heterocycles. The molecule has 0 spiro atoms. The fourth-order valence-electron chi connectivity index (χ4n) is 1.68. The van der Waals surface area contributed by atoms with Crippen molar-refractivity contribution in [2.45, 2.75) is 18.9 Å². The Bertz CT molecular complexity index is 271. The summed E-state index contributed by atoms with van der Waals surface area (Å²) < 4.78 is 10.4. The van der Waals surface area contributed by atoms with E-state index < -0.39 is 0 Å². The number of tetrazole rings is 1. The number of nitrogens with one attached hydrogen (secondary N) is 1. The van der Waals surface area contributed by atoms with Gasteiger partial charge in [0.25, 0.3) is 5.95 Å². The van der Waals surface area contributed by atoms with E-state index in [2.05, 4.69) is 25.5 Å². The highest BCUT2D eigenvalue weighted by atomic mass is 16.7. The van der Waals surface area contributed by atoms with Crippen LogP contribution in [0.25, 0.3) is 0 Å². The van der Waals surface area contributed by atoms with E-state index in [1.807, 2.05) is 0 Å². The first kappa shape index (κ1) is 10.3. The standard InChI is InChI=1S/C8H15N5O2/c1-14-6-15-7-2-4-13(5-3-7)8-9-11-12-10-8/h7H,2-6H2,1H3,(H,9,10,11,12). The van der Waals surface area contributed by atoms with Crippen LogP contribution in [0, 0.1) is 0 Å². The number of nitrogens with zero attached hydrogens (tertiary/aromatic N) is 4. The van der Waals surface area contributed by atoms with Crippen LogP contribution >= 0.6 is 0 Å². The highest BCUT2D eigenvalue weighted by molar-refractivity contribution is 5.26. The number of hydrogen-bond acceptors (Lipinski definition) is 6. The number of H-pyrrole nitrogens is 1. The maximum absolute atomic E-state index is 5.48. The molecule has 1 N–H and O–H groups in total.